The third kappa shape index (κ3) is 6.57. The zero-order valence-electron chi connectivity index (χ0n) is 17.6. The van der Waals surface area contributed by atoms with Crippen LogP contribution in [0.15, 0.2) is 59.5 Å². The Balaban J connectivity index is 1.36. The average Bonchev–Trinajstić information content (AvgIpc) is 3.04. The molecule has 1 fully saturated rings. The second-order valence-electron chi connectivity index (χ2n) is 7.44. The van der Waals surface area contributed by atoms with Gasteiger partial charge in [0.25, 0.3) is 0 Å². The lowest BCUT2D eigenvalue weighted by molar-refractivity contribution is -0.180. The molecule has 1 heterocycles. The number of anilines is 1. The van der Waals surface area contributed by atoms with Crippen LogP contribution in [-0.4, -0.2) is 54.4 Å². The Morgan fingerprint density at radius 3 is 2.29 bits per heavy atom. The first-order valence-electron chi connectivity index (χ1n) is 10.1. The van der Waals surface area contributed by atoms with Crippen LogP contribution in [0.4, 0.5) is 5.69 Å². The summed E-state index contributed by atoms with van der Waals surface area (Å²) in [5.41, 5.74) is 1.88. The van der Waals surface area contributed by atoms with E-state index in [1.807, 2.05) is 18.2 Å². The molecule has 8 heteroatoms. The number of likely N-dealkylation sites (N-methyl/N-ethyl adjacent to an activating group) is 1. The largest absolute Gasteiger partial charge is 0.421 e. The molecule has 1 aliphatic heterocycles. The number of benzene rings is 2. The first kappa shape index (κ1) is 22.8. The molecule has 1 saturated heterocycles. The maximum Gasteiger partial charge on any atom is 0.421 e. The van der Waals surface area contributed by atoms with Crippen molar-refractivity contribution in [2.24, 2.45) is 0 Å². The van der Waals surface area contributed by atoms with Gasteiger partial charge in [-0.3, -0.25) is 4.79 Å². The standard InChI is InChI=1S/C23H26N2O5S/c1-23(29-20(26)21(27)30-23)22(28)24-18-9-11-19(12-10-18)31-16-6-14-25(2)15-13-17-7-4-3-5-8-17/h3-5,7-12H,6,13-16H2,1-2H3,(H,24,28). The van der Waals surface area contributed by atoms with Crippen molar-refractivity contribution < 1.29 is 23.9 Å². The van der Waals surface area contributed by atoms with Crippen molar-refractivity contribution in [3.05, 3.63) is 60.2 Å². The van der Waals surface area contributed by atoms with E-state index in [4.69, 9.17) is 9.47 Å². The predicted octanol–water partition coefficient (Wildman–Crippen LogP) is 3.10. The summed E-state index contributed by atoms with van der Waals surface area (Å²) in [5.74, 6) is -4.00. The molecule has 2 aromatic rings. The Hall–Kier alpha value is -2.84. The maximum atomic E-state index is 12.3. The zero-order valence-corrected chi connectivity index (χ0v) is 18.4. The molecule has 0 bridgehead atoms. The Morgan fingerprint density at radius 2 is 1.65 bits per heavy atom. The van der Waals surface area contributed by atoms with Crippen LogP contribution in [0.3, 0.4) is 0 Å². The van der Waals surface area contributed by atoms with Crippen LogP contribution in [0, 0.1) is 0 Å². The molecule has 0 aromatic heterocycles. The topological polar surface area (TPSA) is 84.9 Å². The highest BCUT2D eigenvalue weighted by molar-refractivity contribution is 7.99. The van der Waals surface area contributed by atoms with Gasteiger partial charge in [-0.15, -0.1) is 11.8 Å². The summed E-state index contributed by atoms with van der Waals surface area (Å²) in [4.78, 5) is 38.0. The Bertz CT molecular complexity index is 901. The molecule has 7 nitrogen and oxygen atoms in total. The monoisotopic (exact) mass is 442 g/mol. The molecule has 1 N–H and O–H groups in total. The number of nitrogens with one attached hydrogen (secondary N) is 1. The second-order valence-corrected chi connectivity index (χ2v) is 8.61. The van der Waals surface area contributed by atoms with Gasteiger partial charge in [0.1, 0.15) is 0 Å². The van der Waals surface area contributed by atoms with Crippen LogP contribution in [0.5, 0.6) is 0 Å². The summed E-state index contributed by atoms with van der Waals surface area (Å²) in [6.45, 7) is 3.29. The van der Waals surface area contributed by atoms with Gasteiger partial charge in [0.2, 0.25) is 0 Å². The van der Waals surface area contributed by atoms with Gasteiger partial charge in [0.05, 0.1) is 0 Å². The number of thioether (sulfide) groups is 1. The highest BCUT2D eigenvalue weighted by Gasteiger charge is 2.50. The van der Waals surface area contributed by atoms with Crippen LogP contribution in [0.25, 0.3) is 0 Å². The van der Waals surface area contributed by atoms with Crippen LogP contribution < -0.4 is 5.32 Å². The van der Waals surface area contributed by atoms with Crippen molar-refractivity contribution in [1.82, 2.24) is 4.90 Å². The molecule has 0 atom stereocenters. The van der Waals surface area contributed by atoms with Crippen molar-refractivity contribution in [1.29, 1.82) is 0 Å². The summed E-state index contributed by atoms with van der Waals surface area (Å²) < 4.78 is 9.43. The van der Waals surface area contributed by atoms with Crippen molar-refractivity contribution in [2.75, 3.05) is 31.2 Å². The van der Waals surface area contributed by atoms with Gasteiger partial charge in [0.15, 0.2) is 0 Å². The molecule has 3 rings (SSSR count). The summed E-state index contributed by atoms with van der Waals surface area (Å²) in [7, 11) is 2.14. The molecule has 0 radical (unpaired) electrons. The Kier molecular flexibility index (Phi) is 7.70. The van der Waals surface area contributed by atoms with E-state index in [9.17, 15) is 14.4 Å². The number of hydrogen-bond acceptors (Lipinski definition) is 7. The van der Waals surface area contributed by atoms with Crippen molar-refractivity contribution in [2.45, 2.75) is 30.4 Å². The summed E-state index contributed by atoms with van der Waals surface area (Å²) in [6, 6.07) is 17.8. The molecule has 164 valence electrons. The van der Waals surface area contributed by atoms with E-state index in [-0.39, 0.29) is 0 Å². The zero-order chi connectivity index (χ0) is 22.3. The third-order valence-electron chi connectivity index (χ3n) is 4.84. The van der Waals surface area contributed by atoms with Crippen LogP contribution in [0.1, 0.15) is 18.9 Å². The Morgan fingerprint density at radius 1 is 1.00 bits per heavy atom. The van der Waals surface area contributed by atoms with Crippen molar-refractivity contribution in [3.8, 4) is 0 Å². The lowest BCUT2D eigenvalue weighted by atomic mass is 10.1. The molecule has 0 spiro atoms. The minimum absolute atomic E-state index is 0.523. The fourth-order valence-electron chi connectivity index (χ4n) is 3.03. The Labute approximate surface area is 186 Å². The number of nitrogens with zero attached hydrogens (tertiary/aromatic N) is 1. The van der Waals surface area contributed by atoms with E-state index in [1.54, 1.807) is 23.9 Å². The molecule has 0 saturated carbocycles. The first-order valence-corrected chi connectivity index (χ1v) is 11.1. The van der Waals surface area contributed by atoms with E-state index in [2.05, 4.69) is 41.5 Å². The van der Waals surface area contributed by atoms with Crippen molar-refractivity contribution >= 4 is 35.3 Å². The fourth-order valence-corrected chi connectivity index (χ4v) is 3.87. The summed E-state index contributed by atoms with van der Waals surface area (Å²) in [6.07, 6.45) is 2.12. The van der Waals surface area contributed by atoms with Crippen molar-refractivity contribution in [3.63, 3.8) is 0 Å². The van der Waals surface area contributed by atoms with E-state index in [0.29, 0.717) is 5.69 Å². The SMILES string of the molecule is CN(CCCSc1ccc(NC(=O)C2(C)OC(=O)C(=O)O2)cc1)CCc1ccccc1. The minimum Gasteiger partial charge on any atom is -0.405 e. The molecular weight excluding hydrogens is 416 g/mol. The predicted molar refractivity (Wildman–Crippen MR) is 119 cm³/mol. The molecule has 31 heavy (non-hydrogen) atoms. The lowest BCUT2D eigenvalue weighted by Gasteiger charge is -2.19. The quantitative estimate of drug-likeness (QED) is 0.262. The molecule has 0 aliphatic carbocycles. The molecular formula is C23H26N2O5S. The van der Waals surface area contributed by atoms with Gasteiger partial charge in [-0.2, -0.15) is 0 Å². The number of cyclic esters (lactones) is 2. The summed E-state index contributed by atoms with van der Waals surface area (Å²) >= 11 is 1.75. The lowest BCUT2D eigenvalue weighted by Crippen LogP contribution is -2.41. The number of amides is 1. The number of esters is 2. The van der Waals surface area contributed by atoms with Crippen LogP contribution in [0.2, 0.25) is 0 Å². The molecule has 1 amide bonds. The number of carbonyl (C=O) groups is 3. The molecule has 0 unspecified atom stereocenters. The van der Waals surface area contributed by atoms with Gasteiger partial charge >= 0.3 is 23.6 Å². The number of hydrogen-bond donors (Lipinski definition) is 1. The van der Waals surface area contributed by atoms with E-state index in [1.165, 1.54) is 12.5 Å². The average molecular weight is 443 g/mol. The number of carbonyl (C=O) groups excluding carboxylic acids is 3. The first-order chi connectivity index (χ1) is 14.9. The van der Waals surface area contributed by atoms with Gasteiger partial charge in [0, 0.05) is 24.1 Å². The van der Waals surface area contributed by atoms with Gasteiger partial charge in [-0.25, -0.2) is 9.59 Å². The second kappa shape index (κ2) is 10.5. The third-order valence-corrected chi connectivity index (χ3v) is 5.94. The van der Waals surface area contributed by atoms with Crippen LogP contribution in [-0.2, 0) is 30.3 Å². The normalized spacial score (nSPS) is 14.9. The number of ether oxygens (including phenoxy) is 2. The smallest absolute Gasteiger partial charge is 0.405 e. The number of rotatable bonds is 10. The van der Waals surface area contributed by atoms with Crippen LogP contribution >= 0.6 is 11.8 Å². The highest BCUT2D eigenvalue weighted by atomic mass is 32.2. The van der Waals surface area contributed by atoms with Gasteiger partial charge in [-0.05, 0) is 62.0 Å². The molecule has 2 aromatic carbocycles. The van der Waals surface area contributed by atoms with E-state index >= 15 is 0 Å². The minimum atomic E-state index is -1.94. The van der Waals surface area contributed by atoms with Gasteiger partial charge < -0.3 is 19.7 Å². The molecule has 1 aliphatic rings. The highest BCUT2D eigenvalue weighted by Crippen LogP contribution is 2.25. The fraction of sp³-hybridized carbons (Fsp3) is 0.348. The summed E-state index contributed by atoms with van der Waals surface area (Å²) in [5, 5.41) is 2.59. The van der Waals surface area contributed by atoms with E-state index < -0.39 is 23.6 Å². The van der Waals surface area contributed by atoms with Gasteiger partial charge in [-0.1, -0.05) is 30.3 Å². The van der Waals surface area contributed by atoms with E-state index in [0.717, 1.165) is 36.6 Å². The maximum absolute atomic E-state index is 12.3.